The first-order valence-electron chi connectivity index (χ1n) is 23.3. The molecule has 0 bridgehead atoms. The monoisotopic (exact) mass is 884 g/mol. The molecule has 4 aliphatic carbocycles. The average Bonchev–Trinajstić information content (AvgIpc) is 3.79. The van der Waals surface area contributed by atoms with E-state index in [1.165, 1.54) is 18.9 Å². The molecule has 5 saturated heterocycles. The Morgan fingerprint density at radius 2 is 1.34 bits per heavy atom. The van der Waals surface area contributed by atoms with Crippen molar-refractivity contribution in [2.45, 2.75) is 208 Å². The van der Waals surface area contributed by atoms with Gasteiger partial charge in [-0.3, -0.25) is 0 Å². The summed E-state index contributed by atoms with van der Waals surface area (Å²) in [5.41, 5.74) is 1.58. The number of rotatable bonds is 11. The summed E-state index contributed by atoms with van der Waals surface area (Å²) < 4.78 is 49.0. The lowest BCUT2D eigenvalue weighted by Crippen LogP contribution is -2.67. The van der Waals surface area contributed by atoms with Crippen molar-refractivity contribution in [1.82, 2.24) is 0 Å². The molecule has 8 fully saturated rings. The standard InChI is InChI=1S/C45H72O17/c1-19-26(10-11-43(3)18-55-43)58-27-15-25-23-7-6-21-14-22(8-12-44(21,4)24(23)9-13-45(25,5)30(19)27)57-42-39(62-41-36(53)34(51)32(49)28(16-46)59-41)37(54)38(29(17-47)60-42)61-40-35(52)33(50)31(48)20(2)56-40/h6,19-20,22-42,46-54H,7-18H2,1-5H3/t19-,20+,22?,23-,24+,25+,26?,27+,28-,29-,30+,31+,32-,33-,34+,35-,36-,37+,38-,39-,40+,41+,42-,43?,44+,45+/m1/s1. The van der Waals surface area contributed by atoms with Crippen LogP contribution in [0.5, 0.6) is 0 Å². The highest BCUT2D eigenvalue weighted by Crippen LogP contribution is 2.69. The number of ether oxygens (including phenoxy) is 8. The second-order valence-electron chi connectivity index (χ2n) is 21.2. The quantitative estimate of drug-likeness (QED) is 0.0978. The fourth-order valence-electron chi connectivity index (χ4n) is 13.7. The minimum absolute atomic E-state index is 0.0294. The first-order valence-corrected chi connectivity index (χ1v) is 23.3. The molecule has 5 heterocycles. The van der Waals surface area contributed by atoms with E-state index < -0.39 is 111 Å². The highest BCUT2D eigenvalue weighted by molar-refractivity contribution is 5.26. The number of aliphatic hydroxyl groups is 9. The molecule has 0 spiro atoms. The summed E-state index contributed by atoms with van der Waals surface area (Å²) in [6.07, 6.45) is -11.5. The zero-order valence-corrected chi connectivity index (χ0v) is 36.6. The molecule has 3 unspecified atom stereocenters. The van der Waals surface area contributed by atoms with Gasteiger partial charge in [0, 0.05) is 0 Å². The van der Waals surface area contributed by atoms with E-state index in [0.29, 0.717) is 54.6 Å². The number of allylic oxidation sites excluding steroid dienone is 1. The third-order valence-electron chi connectivity index (χ3n) is 17.6. The Bertz CT molecular complexity index is 1610. The molecule has 9 aliphatic rings. The molecule has 26 atom stereocenters. The van der Waals surface area contributed by atoms with Gasteiger partial charge in [0.15, 0.2) is 18.9 Å². The van der Waals surface area contributed by atoms with Gasteiger partial charge in [0.1, 0.15) is 67.1 Å². The van der Waals surface area contributed by atoms with Crippen LogP contribution in [0.15, 0.2) is 11.6 Å². The van der Waals surface area contributed by atoms with Crippen molar-refractivity contribution in [3.63, 3.8) is 0 Å². The Labute approximate surface area is 363 Å². The fraction of sp³-hybridized carbons (Fsp3) is 0.956. The Hall–Kier alpha value is -0.940. The second-order valence-corrected chi connectivity index (χ2v) is 21.2. The highest BCUT2D eigenvalue weighted by Gasteiger charge is 2.65. The molecule has 0 radical (unpaired) electrons. The van der Waals surface area contributed by atoms with Crippen molar-refractivity contribution in [2.75, 3.05) is 19.8 Å². The number of aliphatic hydroxyl groups excluding tert-OH is 9. The van der Waals surface area contributed by atoms with Gasteiger partial charge in [-0.25, -0.2) is 0 Å². The molecule has 9 rings (SSSR count). The van der Waals surface area contributed by atoms with Gasteiger partial charge in [-0.2, -0.15) is 0 Å². The smallest absolute Gasteiger partial charge is 0.187 e. The lowest BCUT2D eigenvalue weighted by atomic mass is 9.47. The fourth-order valence-corrected chi connectivity index (χ4v) is 13.7. The molecule has 62 heavy (non-hydrogen) atoms. The first kappa shape index (κ1) is 46.2. The van der Waals surface area contributed by atoms with E-state index >= 15 is 0 Å². The van der Waals surface area contributed by atoms with E-state index in [0.717, 1.165) is 45.1 Å². The van der Waals surface area contributed by atoms with Crippen LogP contribution in [0.1, 0.15) is 92.4 Å². The molecule has 9 N–H and O–H groups in total. The van der Waals surface area contributed by atoms with Crippen LogP contribution >= 0.6 is 0 Å². The van der Waals surface area contributed by atoms with Gasteiger partial charge < -0.3 is 83.9 Å². The van der Waals surface area contributed by atoms with Gasteiger partial charge in [0.2, 0.25) is 0 Å². The lowest BCUT2D eigenvalue weighted by Gasteiger charge is -2.58. The molecular weight excluding hydrogens is 812 g/mol. The van der Waals surface area contributed by atoms with Crippen molar-refractivity contribution in [3.05, 3.63) is 11.6 Å². The van der Waals surface area contributed by atoms with E-state index in [-0.39, 0.29) is 16.4 Å². The largest absolute Gasteiger partial charge is 0.394 e. The van der Waals surface area contributed by atoms with Crippen LogP contribution in [0.25, 0.3) is 0 Å². The molecule has 0 aromatic heterocycles. The summed E-state index contributed by atoms with van der Waals surface area (Å²) in [6, 6.07) is 0. The van der Waals surface area contributed by atoms with Crippen LogP contribution in [-0.2, 0) is 37.9 Å². The molecule has 5 aliphatic heterocycles. The molecule has 17 nitrogen and oxygen atoms in total. The Balaban J connectivity index is 0.908. The van der Waals surface area contributed by atoms with E-state index in [1.54, 1.807) is 0 Å². The zero-order valence-electron chi connectivity index (χ0n) is 36.6. The van der Waals surface area contributed by atoms with E-state index in [2.05, 4.69) is 33.8 Å². The number of hydrogen-bond acceptors (Lipinski definition) is 17. The predicted octanol–water partition coefficient (Wildman–Crippen LogP) is 0.00900. The van der Waals surface area contributed by atoms with Crippen LogP contribution in [0.2, 0.25) is 0 Å². The van der Waals surface area contributed by atoms with Gasteiger partial charge in [0.25, 0.3) is 0 Å². The van der Waals surface area contributed by atoms with Gasteiger partial charge in [-0.05, 0) is 112 Å². The van der Waals surface area contributed by atoms with Crippen molar-refractivity contribution in [2.24, 2.45) is 40.4 Å². The second kappa shape index (κ2) is 17.3. The molecule has 0 amide bonds. The normalized spacial score (nSPS) is 57.3. The van der Waals surface area contributed by atoms with Gasteiger partial charge in [-0.1, -0.05) is 32.4 Å². The molecule has 17 heteroatoms. The third kappa shape index (κ3) is 7.87. The molecule has 0 aromatic rings. The molecule has 354 valence electrons. The van der Waals surface area contributed by atoms with Crippen molar-refractivity contribution >= 4 is 0 Å². The van der Waals surface area contributed by atoms with Crippen molar-refractivity contribution in [1.29, 1.82) is 0 Å². The Morgan fingerprint density at radius 3 is 2.03 bits per heavy atom. The predicted molar refractivity (Wildman–Crippen MR) is 214 cm³/mol. The van der Waals surface area contributed by atoms with Crippen LogP contribution in [0.4, 0.5) is 0 Å². The van der Waals surface area contributed by atoms with Gasteiger partial charge in [-0.15, -0.1) is 0 Å². The Morgan fingerprint density at radius 1 is 0.677 bits per heavy atom. The summed E-state index contributed by atoms with van der Waals surface area (Å²) in [4.78, 5) is 0. The summed E-state index contributed by atoms with van der Waals surface area (Å²) in [5, 5.41) is 95.8. The zero-order chi connectivity index (χ0) is 44.2. The highest BCUT2D eigenvalue weighted by atomic mass is 16.8. The van der Waals surface area contributed by atoms with Crippen LogP contribution in [-0.4, -0.2) is 182 Å². The maximum atomic E-state index is 12.0. The summed E-state index contributed by atoms with van der Waals surface area (Å²) in [5.74, 6) is 2.75. The Kier molecular flexibility index (Phi) is 12.9. The minimum atomic E-state index is -1.81. The SMILES string of the molecule is C[C@@H]1O[C@@H](O[C@H]2[C@H](O)[C@@H](O[C@@H]3O[C@H](CO)[C@@H](O)[C@H](O)[C@H]3O)[C@H](OC3CC[C@@]4(C)C(=CC[C@H]5[C@@H]6C[C@@H]7OC(CCC8(C)CO8)[C@@H](C)[C@@H]7[C@@]6(C)CC[C@@H]54)C3)O[C@@H]2CO)[C@H](O)[C@H](O)[C@H]1O. The van der Waals surface area contributed by atoms with E-state index in [9.17, 15) is 46.0 Å². The van der Waals surface area contributed by atoms with Crippen LogP contribution in [0, 0.1) is 40.4 Å². The van der Waals surface area contributed by atoms with Crippen molar-refractivity contribution < 1.29 is 83.9 Å². The first-order chi connectivity index (χ1) is 29.4. The van der Waals surface area contributed by atoms with E-state index in [1.807, 2.05) is 0 Å². The maximum absolute atomic E-state index is 12.0. The van der Waals surface area contributed by atoms with Crippen molar-refractivity contribution in [3.8, 4) is 0 Å². The van der Waals surface area contributed by atoms with Crippen LogP contribution in [0.3, 0.4) is 0 Å². The third-order valence-corrected chi connectivity index (χ3v) is 17.6. The molecule has 0 aromatic carbocycles. The number of fused-ring (bicyclic) bond motifs is 7. The molecular formula is C45H72O17. The van der Waals surface area contributed by atoms with Crippen LogP contribution < -0.4 is 0 Å². The maximum Gasteiger partial charge on any atom is 0.187 e. The lowest BCUT2D eigenvalue weighted by molar-refractivity contribution is -0.390. The molecule has 3 saturated carbocycles. The summed E-state index contributed by atoms with van der Waals surface area (Å²) in [6.45, 7) is 10.5. The van der Waals surface area contributed by atoms with Gasteiger partial charge >= 0.3 is 0 Å². The summed E-state index contributed by atoms with van der Waals surface area (Å²) in [7, 11) is 0. The number of hydrogen-bond donors (Lipinski definition) is 9. The average molecular weight is 885 g/mol. The van der Waals surface area contributed by atoms with Gasteiger partial charge in [0.05, 0.1) is 49.8 Å². The number of epoxide rings is 1. The summed E-state index contributed by atoms with van der Waals surface area (Å²) >= 11 is 0. The van der Waals surface area contributed by atoms with E-state index in [4.69, 9.17) is 37.9 Å². The topological polar surface area (TPSA) is 259 Å². The minimum Gasteiger partial charge on any atom is -0.394 e.